The molecule has 7 nitrogen and oxygen atoms in total. The number of nitrogens with two attached hydrogens (primary N) is 1. The van der Waals surface area contributed by atoms with Gasteiger partial charge in [0.25, 0.3) is 0 Å². The topological polar surface area (TPSA) is 86.3 Å². The summed E-state index contributed by atoms with van der Waals surface area (Å²) in [4.78, 5) is 23.1. The molecule has 0 spiro atoms. The third-order valence-corrected chi connectivity index (χ3v) is 3.05. The molecule has 1 heterocycles. The van der Waals surface area contributed by atoms with Gasteiger partial charge in [0.15, 0.2) is 0 Å². The van der Waals surface area contributed by atoms with Gasteiger partial charge in [-0.3, -0.25) is 4.90 Å². The minimum absolute atomic E-state index is 0.149. The van der Waals surface area contributed by atoms with Crippen LogP contribution in [0, 0.1) is 0 Å². The molecule has 0 radical (unpaired) electrons. The number of hydrogen-bond donors (Lipinski definition) is 2. The molecule has 0 aromatic carbocycles. The standard InChI is InChI=1S/C13H26N6O/c1-13(2,3)17-4-5-18-6-8-19(9-7-18)12(20)16-11-15-10-14/h10-11,17H,4-9H2,1-3H3,(H2,14,15,16,20). The van der Waals surface area contributed by atoms with Crippen LogP contribution in [0.3, 0.4) is 0 Å². The van der Waals surface area contributed by atoms with Gasteiger partial charge >= 0.3 is 6.03 Å². The number of carbonyl (C=O) groups excluding carboxylic acids is 1. The zero-order valence-corrected chi connectivity index (χ0v) is 12.7. The quantitative estimate of drug-likeness (QED) is 0.567. The van der Waals surface area contributed by atoms with Crippen molar-refractivity contribution in [1.82, 2.24) is 15.1 Å². The van der Waals surface area contributed by atoms with E-state index in [0.29, 0.717) is 13.1 Å². The molecule has 0 aromatic rings. The number of nitrogens with zero attached hydrogens (tertiary/aromatic N) is 4. The van der Waals surface area contributed by atoms with Crippen LogP contribution in [-0.2, 0) is 0 Å². The van der Waals surface area contributed by atoms with Gasteiger partial charge in [-0.15, -0.1) is 0 Å². The fourth-order valence-electron chi connectivity index (χ4n) is 1.95. The second-order valence-electron chi connectivity index (χ2n) is 5.83. The monoisotopic (exact) mass is 282 g/mol. The van der Waals surface area contributed by atoms with Crippen molar-refractivity contribution in [3.8, 4) is 0 Å². The van der Waals surface area contributed by atoms with Crippen molar-refractivity contribution in [1.29, 1.82) is 0 Å². The SMILES string of the molecule is CC(C)(C)NCCN1CCN(C(=O)/N=C/N=CN)CC1. The van der Waals surface area contributed by atoms with E-state index in [9.17, 15) is 4.79 Å². The van der Waals surface area contributed by atoms with Gasteiger partial charge in [-0.1, -0.05) is 0 Å². The van der Waals surface area contributed by atoms with Gasteiger partial charge in [0, 0.05) is 44.8 Å². The molecule has 0 unspecified atom stereocenters. The predicted molar refractivity (Wildman–Crippen MR) is 82.3 cm³/mol. The molecule has 7 heteroatoms. The summed E-state index contributed by atoms with van der Waals surface area (Å²) in [5, 5.41) is 3.46. The number of hydrogen-bond acceptors (Lipinski definition) is 3. The van der Waals surface area contributed by atoms with Crippen molar-refractivity contribution < 1.29 is 4.79 Å². The third kappa shape index (κ3) is 6.63. The van der Waals surface area contributed by atoms with Gasteiger partial charge in [0.1, 0.15) is 6.34 Å². The second kappa shape index (κ2) is 7.96. The molecule has 1 rings (SSSR count). The van der Waals surface area contributed by atoms with Crippen molar-refractivity contribution in [3.63, 3.8) is 0 Å². The predicted octanol–water partition coefficient (Wildman–Crippen LogP) is 0.127. The van der Waals surface area contributed by atoms with Gasteiger partial charge in [-0.25, -0.2) is 9.79 Å². The van der Waals surface area contributed by atoms with Crippen LogP contribution in [0.5, 0.6) is 0 Å². The molecule has 0 bridgehead atoms. The minimum atomic E-state index is -0.247. The molecular weight excluding hydrogens is 256 g/mol. The highest BCUT2D eigenvalue weighted by Crippen LogP contribution is 2.04. The van der Waals surface area contributed by atoms with Crippen molar-refractivity contribution in [2.24, 2.45) is 15.7 Å². The van der Waals surface area contributed by atoms with E-state index in [-0.39, 0.29) is 11.6 Å². The average molecular weight is 282 g/mol. The Bertz CT molecular complexity index is 352. The Morgan fingerprint density at radius 2 is 1.95 bits per heavy atom. The Morgan fingerprint density at radius 3 is 2.50 bits per heavy atom. The molecule has 1 aliphatic rings. The molecule has 0 aromatic heterocycles. The van der Waals surface area contributed by atoms with E-state index in [1.165, 1.54) is 6.34 Å². The van der Waals surface area contributed by atoms with Crippen molar-refractivity contribution in [2.75, 3.05) is 39.3 Å². The summed E-state index contributed by atoms with van der Waals surface area (Å²) in [5.41, 5.74) is 5.22. The molecule has 20 heavy (non-hydrogen) atoms. The van der Waals surface area contributed by atoms with E-state index in [1.807, 2.05) is 0 Å². The first-order valence-electron chi connectivity index (χ1n) is 6.94. The molecule has 0 saturated carbocycles. The Hall–Kier alpha value is -1.47. The lowest BCUT2D eigenvalue weighted by Gasteiger charge is -2.34. The van der Waals surface area contributed by atoms with Gasteiger partial charge in [-0.05, 0) is 20.8 Å². The van der Waals surface area contributed by atoms with Crippen molar-refractivity contribution in [2.45, 2.75) is 26.3 Å². The summed E-state index contributed by atoms with van der Waals surface area (Å²) in [7, 11) is 0. The van der Waals surface area contributed by atoms with E-state index >= 15 is 0 Å². The maximum Gasteiger partial charge on any atom is 0.345 e. The molecule has 1 aliphatic heterocycles. The van der Waals surface area contributed by atoms with Gasteiger partial charge in [0.05, 0.1) is 6.34 Å². The maximum absolute atomic E-state index is 11.7. The lowest BCUT2D eigenvalue weighted by molar-refractivity contribution is 0.144. The third-order valence-electron chi connectivity index (χ3n) is 3.05. The molecular formula is C13H26N6O. The molecule has 3 N–H and O–H groups in total. The minimum Gasteiger partial charge on any atom is -0.390 e. The molecule has 1 fully saturated rings. The lowest BCUT2D eigenvalue weighted by atomic mass is 10.1. The highest BCUT2D eigenvalue weighted by molar-refractivity contribution is 5.85. The number of rotatable bonds is 4. The first kappa shape index (κ1) is 16.6. The number of carbonyl (C=O) groups is 1. The lowest BCUT2D eigenvalue weighted by Crippen LogP contribution is -2.50. The number of piperazine rings is 1. The van der Waals surface area contributed by atoms with Crippen LogP contribution in [0.2, 0.25) is 0 Å². The van der Waals surface area contributed by atoms with E-state index in [0.717, 1.165) is 32.5 Å². The second-order valence-corrected chi connectivity index (χ2v) is 5.83. The van der Waals surface area contributed by atoms with Crippen LogP contribution in [0.15, 0.2) is 9.98 Å². The smallest absolute Gasteiger partial charge is 0.345 e. The molecule has 0 atom stereocenters. The fourth-order valence-corrected chi connectivity index (χ4v) is 1.95. The number of urea groups is 1. The largest absolute Gasteiger partial charge is 0.390 e. The van der Waals surface area contributed by atoms with Crippen LogP contribution in [0.4, 0.5) is 4.79 Å². The van der Waals surface area contributed by atoms with Crippen LogP contribution in [0.1, 0.15) is 20.8 Å². The Labute approximate surface area is 120 Å². The van der Waals surface area contributed by atoms with E-state index in [4.69, 9.17) is 5.73 Å². The zero-order valence-electron chi connectivity index (χ0n) is 12.7. The zero-order chi connectivity index (χ0) is 15.0. The van der Waals surface area contributed by atoms with E-state index < -0.39 is 0 Å². The Kier molecular flexibility index (Phi) is 6.60. The molecule has 1 saturated heterocycles. The van der Waals surface area contributed by atoms with Gasteiger partial charge in [-0.2, -0.15) is 4.99 Å². The fraction of sp³-hybridized carbons (Fsp3) is 0.769. The Morgan fingerprint density at radius 1 is 1.30 bits per heavy atom. The summed E-state index contributed by atoms with van der Waals surface area (Å²) >= 11 is 0. The van der Waals surface area contributed by atoms with Gasteiger partial charge in [0.2, 0.25) is 0 Å². The van der Waals surface area contributed by atoms with Crippen molar-refractivity contribution >= 4 is 18.7 Å². The molecule has 2 amide bonds. The number of amides is 2. The number of nitrogens with one attached hydrogen (secondary N) is 1. The first-order chi connectivity index (χ1) is 9.42. The highest BCUT2D eigenvalue weighted by atomic mass is 16.2. The van der Waals surface area contributed by atoms with Crippen LogP contribution in [0.25, 0.3) is 0 Å². The van der Waals surface area contributed by atoms with E-state index in [1.54, 1.807) is 4.90 Å². The number of aliphatic imine (C=N–C) groups is 2. The average Bonchev–Trinajstić information content (AvgIpc) is 2.38. The normalized spacial score (nSPS) is 18.2. The molecule has 0 aliphatic carbocycles. The van der Waals surface area contributed by atoms with Gasteiger partial charge < -0.3 is 16.0 Å². The van der Waals surface area contributed by atoms with Crippen LogP contribution >= 0.6 is 0 Å². The summed E-state index contributed by atoms with van der Waals surface area (Å²) in [6.07, 6.45) is 2.29. The maximum atomic E-state index is 11.7. The highest BCUT2D eigenvalue weighted by Gasteiger charge is 2.20. The van der Waals surface area contributed by atoms with Crippen LogP contribution < -0.4 is 11.1 Å². The van der Waals surface area contributed by atoms with E-state index in [2.05, 4.69) is 41.0 Å². The van der Waals surface area contributed by atoms with Crippen LogP contribution in [-0.4, -0.2) is 73.3 Å². The summed E-state index contributed by atoms with van der Waals surface area (Å²) in [5.74, 6) is 0. The first-order valence-corrected chi connectivity index (χ1v) is 6.94. The Balaban J connectivity index is 2.24. The van der Waals surface area contributed by atoms with Crippen molar-refractivity contribution in [3.05, 3.63) is 0 Å². The summed E-state index contributed by atoms with van der Waals surface area (Å²) in [6.45, 7) is 11.6. The molecule has 114 valence electrons. The summed E-state index contributed by atoms with van der Waals surface area (Å²) < 4.78 is 0. The summed E-state index contributed by atoms with van der Waals surface area (Å²) in [6, 6.07) is -0.247.